The second-order valence-corrected chi connectivity index (χ2v) is 15.5. The fourth-order valence-electron chi connectivity index (χ4n) is 2.72. The molecule has 0 fully saturated rings. The lowest BCUT2D eigenvalue weighted by Gasteiger charge is -2.36. The summed E-state index contributed by atoms with van der Waals surface area (Å²) >= 11 is 5.63. The molecule has 0 aliphatic carbocycles. The molecule has 0 bridgehead atoms. The molecule has 2 aromatic carbocycles. The molecule has 32 heavy (non-hydrogen) atoms. The quantitative estimate of drug-likeness (QED) is 0.186. The van der Waals surface area contributed by atoms with Crippen molar-refractivity contribution in [1.82, 2.24) is 5.32 Å². The van der Waals surface area contributed by atoms with Crippen LogP contribution in [0.25, 0.3) is 11.1 Å². The normalized spacial score (nSPS) is 12.3. The number of carbonyl (C=O) groups excluding carboxylic acids is 1. The average Bonchev–Trinajstić information content (AvgIpc) is 2.67. The van der Waals surface area contributed by atoms with Crippen molar-refractivity contribution in [1.29, 1.82) is 0 Å². The first-order chi connectivity index (χ1) is 14.8. The molecule has 7 nitrogen and oxygen atoms in total. The number of carbonyl (C=O) groups is 1. The van der Waals surface area contributed by atoms with Crippen LogP contribution in [0.3, 0.4) is 0 Å². The highest BCUT2D eigenvalue weighted by Crippen LogP contribution is 2.39. The van der Waals surface area contributed by atoms with Crippen LogP contribution in [0.1, 0.15) is 27.2 Å². The first-order valence-corrected chi connectivity index (χ1v) is 15.2. The number of benzene rings is 2. The van der Waals surface area contributed by atoms with Crippen LogP contribution in [0.2, 0.25) is 18.1 Å². The predicted molar refractivity (Wildman–Crippen MR) is 132 cm³/mol. The minimum atomic E-state index is -4.53. The minimum absolute atomic E-state index is 0.0250. The Labute approximate surface area is 196 Å². The number of anilines is 1. The van der Waals surface area contributed by atoms with E-state index in [-0.39, 0.29) is 21.2 Å². The molecule has 0 atom stereocenters. The average molecular weight is 499 g/mol. The second kappa shape index (κ2) is 10.2. The molecule has 0 radical (unpaired) electrons. The largest absolute Gasteiger partial charge is 0.544 e. The highest BCUT2D eigenvalue weighted by Gasteiger charge is 2.39. The van der Waals surface area contributed by atoms with Gasteiger partial charge in [0.05, 0.1) is 5.69 Å². The van der Waals surface area contributed by atoms with Gasteiger partial charge in [0.15, 0.2) is 0 Å². The maximum absolute atomic E-state index is 12.2. The number of nitrogens with one attached hydrogen (secondary N) is 2. The summed E-state index contributed by atoms with van der Waals surface area (Å²) in [4.78, 5) is 11.9. The lowest BCUT2D eigenvalue weighted by Crippen LogP contribution is -2.43. The van der Waals surface area contributed by atoms with E-state index in [1.54, 1.807) is 30.3 Å². The van der Waals surface area contributed by atoms with E-state index in [2.05, 4.69) is 44.5 Å². The highest BCUT2D eigenvalue weighted by molar-refractivity contribution is 7.86. The zero-order valence-corrected chi connectivity index (χ0v) is 21.6. The molecule has 0 unspecified atom stereocenters. The van der Waals surface area contributed by atoms with Gasteiger partial charge in [-0.2, -0.15) is 8.42 Å². The van der Waals surface area contributed by atoms with Gasteiger partial charge in [-0.25, -0.2) is 4.79 Å². The predicted octanol–water partition coefficient (Wildman–Crippen LogP) is 5.73. The molecule has 3 N–H and O–H groups in total. The van der Waals surface area contributed by atoms with Crippen LogP contribution in [0.15, 0.2) is 47.4 Å². The first-order valence-electron chi connectivity index (χ1n) is 10.3. The van der Waals surface area contributed by atoms with Gasteiger partial charge in [-0.05, 0) is 54.4 Å². The highest BCUT2D eigenvalue weighted by atomic mass is 35.5. The zero-order chi connectivity index (χ0) is 24.2. The van der Waals surface area contributed by atoms with Crippen molar-refractivity contribution in [2.45, 2.75) is 50.2 Å². The second-order valence-electron chi connectivity index (χ2n) is 8.96. The molecule has 0 spiro atoms. The van der Waals surface area contributed by atoms with Crippen molar-refractivity contribution in [2.75, 3.05) is 17.7 Å². The summed E-state index contributed by atoms with van der Waals surface area (Å²) in [5.41, 5.74) is 0.958. The summed E-state index contributed by atoms with van der Waals surface area (Å²) in [7, 11) is -6.58. The standard InChI is InChI=1S/C22H31ClN2O5SSi/c1-22(2,3)32(4,5)30-17-12-10-16(11-13-17)20-18(25-21(26)24-15-7-14-23)8-6-9-19(20)31(27,28)29/h6,8-13H,7,14-15H2,1-5H3,(H2,24,25,26)(H,27,28,29). The summed E-state index contributed by atoms with van der Waals surface area (Å²) in [6.07, 6.45) is 0.600. The van der Waals surface area contributed by atoms with E-state index in [4.69, 9.17) is 16.0 Å². The summed E-state index contributed by atoms with van der Waals surface area (Å²) in [6, 6.07) is 10.8. The Morgan fingerprint density at radius 1 is 1.12 bits per heavy atom. The van der Waals surface area contributed by atoms with Gasteiger partial charge >= 0.3 is 6.03 Å². The van der Waals surface area contributed by atoms with Crippen LogP contribution < -0.4 is 15.1 Å². The topological polar surface area (TPSA) is 105 Å². The molecular formula is C22H31ClN2O5SSi. The minimum Gasteiger partial charge on any atom is -0.544 e. The van der Waals surface area contributed by atoms with Crippen LogP contribution in [0.4, 0.5) is 10.5 Å². The fourth-order valence-corrected chi connectivity index (χ4v) is 4.62. The van der Waals surface area contributed by atoms with E-state index in [1.165, 1.54) is 12.1 Å². The van der Waals surface area contributed by atoms with Crippen LogP contribution in [0, 0.1) is 0 Å². The van der Waals surface area contributed by atoms with Crippen molar-refractivity contribution in [3.05, 3.63) is 42.5 Å². The lowest BCUT2D eigenvalue weighted by molar-refractivity contribution is 0.252. The van der Waals surface area contributed by atoms with Gasteiger partial charge in [-0.3, -0.25) is 4.55 Å². The smallest absolute Gasteiger partial charge is 0.319 e. The van der Waals surface area contributed by atoms with E-state index in [1.807, 2.05) is 0 Å². The van der Waals surface area contributed by atoms with Crippen LogP contribution in [-0.4, -0.2) is 39.7 Å². The summed E-state index contributed by atoms with van der Waals surface area (Å²) in [6.45, 7) is 11.1. The van der Waals surface area contributed by atoms with Gasteiger partial charge in [0.1, 0.15) is 10.6 Å². The molecule has 2 amide bonds. The summed E-state index contributed by atoms with van der Waals surface area (Å²) in [5.74, 6) is 1.09. The van der Waals surface area contributed by atoms with Crippen LogP contribution in [0.5, 0.6) is 5.75 Å². The molecule has 2 aromatic rings. The fraction of sp³-hybridized carbons (Fsp3) is 0.409. The van der Waals surface area contributed by atoms with E-state index in [0.29, 0.717) is 30.2 Å². The van der Waals surface area contributed by atoms with Gasteiger partial charge in [0.25, 0.3) is 10.1 Å². The third-order valence-electron chi connectivity index (χ3n) is 5.47. The Morgan fingerprint density at radius 2 is 1.75 bits per heavy atom. The molecule has 10 heteroatoms. The molecule has 0 aliphatic heterocycles. The maximum atomic E-state index is 12.2. The first kappa shape index (κ1) is 26.2. The Balaban J connectivity index is 2.43. The SMILES string of the molecule is CC(C)(C)[Si](C)(C)Oc1ccc(-c2c(NC(=O)NCCCCl)cccc2S(=O)(=O)O)cc1. The monoisotopic (exact) mass is 498 g/mol. The van der Waals surface area contributed by atoms with E-state index >= 15 is 0 Å². The summed E-state index contributed by atoms with van der Waals surface area (Å²) in [5, 5.41) is 5.34. The Kier molecular flexibility index (Phi) is 8.38. The van der Waals surface area contributed by atoms with E-state index in [0.717, 1.165) is 0 Å². The third kappa shape index (κ3) is 6.71. The van der Waals surface area contributed by atoms with Crippen LogP contribution >= 0.6 is 11.6 Å². The lowest BCUT2D eigenvalue weighted by atomic mass is 10.0. The van der Waals surface area contributed by atoms with E-state index < -0.39 is 24.5 Å². The van der Waals surface area contributed by atoms with Gasteiger partial charge in [-0.1, -0.05) is 39.0 Å². The number of hydrogen-bond donors (Lipinski definition) is 3. The molecule has 0 aromatic heterocycles. The molecular weight excluding hydrogens is 468 g/mol. The van der Waals surface area contributed by atoms with E-state index in [9.17, 15) is 17.8 Å². The number of halogens is 1. The Bertz CT molecular complexity index is 1050. The Morgan fingerprint density at radius 3 is 2.28 bits per heavy atom. The third-order valence-corrected chi connectivity index (χ3v) is 11.0. The molecule has 0 aliphatic rings. The van der Waals surface area contributed by atoms with Crippen molar-refractivity contribution < 1.29 is 22.2 Å². The number of urea groups is 1. The van der Waals surface area contributed by atoms with Gasteiger partial charge in [-0.15, -0.1) is 11.6 Å². The number of hydrogen-bond acceptors (Lipinski definition) is 4. The number of alkyl halides is 1. The van der Waals surface area contributed by atoms with Crippen LogP contribution in [-0.2, 0) is 10.1 Å². The molecule has 176 valence electrons. The van der Waals surface area contributed by atoms with Crippen molar-refractivity contribution >= 4 is 41.8 Å². The van der Waals surface area contributed by atoms with Gasteiger partial charge in [0.2, 0.25) is 8.32 Å². The Hall–Kier alpha value is -2.07. The molecule has 0 heterocycles. The van der Waals surface area contributed by atoms with Gasteiger partial charge < -0.3 is 15.1 Å². The van der Waals surface area contributed by atoms with Crippen molar-refractivity contribution in [3.63, 3.8) is 0 Å². The van der Waals surface area contributed by atoms with Crippen molar-refractivity contribution in [2.24, 2.45) is 0 Å². The zero-order valence-electron chi connectivity index (χ0n) is 19.0. The molecule has 2 rings (SSSR count). The molecule has 0 saturated carbocycles. The number of rotatable bonds is 8. The van der Waals surface area contributed by atoms with Gasteiger partial charge in [0, 0.05) is 18.0 Å². The summed E-state index contributed by atoms with van der Waals surface area (Å²) < 4.78 is 40.1. The number of amides is 2. The maximum Gasteiger partial charge on any atom is 0.319 e. The van der Waals surface area contributed by atoms with Crippen molar-refractivity contribution in [3.8, 4) is 16.9 Å². The molecule has 0 saturated heterocycles.